The second kappa shape index (κ2) is 4.58. The zero-order valence-corrected chi connectivity index (χ0v) is 9.98. The molecule has 0 saturated heterocycles. The van der Waals surface area contributed by atoms with E-state index in [1.54, 1.807) is 0 Å². The minimum Gasteiger partial charge on any atom is -0.469 e. The van der Waals surface area contributed by atoms with Gasteiger partial charge < -0.3 is 9.84 Å². The van der Waals surface area contributed by atoms with E-state index < -0.39 is 0 Å². The molecule has 1 fully saturated rings. The third-order valence-electron chi connectivity index (χ3n) is 4.02. The smallest absolute Gasteiger partial charge is 0.309 e. The maximum absolute atomic E-state index is 11.7. The van der Waals surface area contributed by atoms with E-state index >= 15 is 0 Å². The molecule has 0 aromatic heterocycles. The van der Waals surface area contributed by atoms with Crippen molar-refractivity contribution >= 4 is 5.97 Å². The van der Waals surface area contributed by atoms with Crippen molar-refractivity contribution in [3.05, 3.63) is 11.6 Å². The van der Waals surface area contributed by atoms with Crippen molar-refractivity contribution in [1.82, 2.24) is 0 Å². The van der Waals surface area contributed by atoms with Gasteiger partial charge in [0.1, 0.15) is 0 Å². The summed E-state index contributed by atoms with van der Waals surface area (Å²) in [5.74, 6) is 0.276. The lowest BCUT2D eigenvalue weighted by Crippen LogP contribution is -2.41. The molecule has 1 saturated carbocycles. The van der Waals surface area contributed by atoms with Gasteiger partial charge in [0.2, 0.25) is 0 Å². The van der Waals surface area contributed by atoms with Crippen LogP contribution in [0, 0.1) is 17.8 Å². The van der Waals surface area contributed by atoms with E-state index in [1.807, 2.05) is 6.92 Å². The van der Waals surface area contributed by atoms with Gasteiger partial charge in [0, 0.05) is 5.92 Å². The molecule has 16 heavy (non-hydrogen) atoms. The Morgan fingerprint density at radius 3 is 2.94 bits per heavy atom. The van der Waals surface area contributed by atoms with Gasteiger partial charge in [-0.25, -0.2) is 0 Å². The number of carbonyl (C=O) groups excluding carboxylic acids is 1. The minimum atomic E-state index is -0.277. The summed E-state index contributed by atoms with van der Waals surface area (Å²) in [7, 11) is 1.45. The van der Waals surface area contributed by atoms with Crippen LogP contribution in [0.5, 0.6) is 0 Å². The molecular formula is C13H20O3. The number of hydrogen-bond donors (Lipinski definition) is 1. The second-order valence-electron chi connectivity index (χ2n) is 5.09. The van der Waals surface area contributed by atoms with E-state index in [0.29, 0.717) is 0 Å². The number of allylic oxidation sites excluding steroid dienone is 1. The summed E-state index contributed by atoms with van der Waals surface area (Å²) < 4.78 is 4.87. The number of fused-ring (bicyclic) bond motifs is 1. The molecule has 0 unspecified atom stereocenters. The molecule has 0 amide bonds. The highest BCUT2D eigenvalue weighted by molar-refractivity contribution is 5.73. The highest BCUT2D eigenvalue weighted by Crippen LogP contribution is 2.43. The zero-order chi connectivity index (χ0) is 11.7. The predicted molar refractivity (Wildman–Crippen MR) is 60.7 cm³/mol. The molecule has 1 N–H and O–H groups in total. The van der Waals surface area contributed by atoms with Gasteiger partial charge >= 0.3 is 5.97 Å². The van der Waals surface area contributed by atoms with Crippen LogP contribution < -0.4 is 0 Å². The number of rotatable bonds is 1. The van der Waals surface area contributed by atoms with Crippen molar-refractivity contribution in [2.45, 2.75) is 38.7 Å². The molecule has 2 aliphatic carbocycles. The molecule has 0 heterocycles. The van der Waals surface area contributed by atoms with Crippen molar-refractivity contribution in [3.63, 3.8) is 0 Å². The maximum atomic E-state index is 11.7. The fourth-order valence-electron chi connectivity index (χ4n) is 3.24. The molecule has 0 aromatic carbocycles. The Balaban J connectivity index is 2.23. The molecule has 0 radical (unpaired) electrons. The largest absolute Gasteiger partial charge is 0.469 e. The summed E-state index contributed by atoms with van der Waals surface area (Å²) in [6.07, 6.45) is 5.59. The monoisotopic (exact) mass is 224 g/mol. The lowest BCUT2D eigenvalue weighted by molar-refractivity contribution is -0.149. The molecule has 90 valence electrons. The number of carbonyl (C=O) groups is 1. The van der Waals surface area contributed by atoms with Crippen molar-refractivity contribution < 1.29 is 14.6 Å². The van der Waals surface area contributed by atoms with Crippen LogP contribution in [-0.4, -0.2) is 24.3 Å². The third kappa shape index (κ3) is 2.01. The van der Waals surface area contributed by atoms with Crippen molar-refractivity contribution in [1.29, 1.82) is 0 Å². The van der Waals surface area contributed by atoms with Crippen molar-refractivity contribution in [3.8, 4) is 0 Å². The Bertz CT molecular complexity index is 308. The van der Waals surface area contributed by atoms with E-state index in [-0.39, 0.29) is 29.8 Å². The number of aliphatic hydroxyl groups is 1. The lowest BCUT2D eigenvalue weighted by Gasteiger charge is -2.41. The van der Waals surface area contributed by atoms with Crippen LogP contribution in [0.4, 0.5) is 0 Å². The Labute approximate surface area is 96.5 Å². The number of hydrogen-bond acceptors (Lipinski definition) is 3. The summed E-state index contributed by atoms with van der Waals surface area (Å²) in [6, 6.07) is 0. The number of aliphatic hydroxyl groups excluding tert-OH is 1. The first kappa shape index (κ1) is 11.6. The average Bonchev–Trinajstić information content (AvgIpc) is 2.28. The highest BCUT2D eigenvalue weighted by atomic mass is 16.5. The quantitative estimate of drug-likeness (QED) is 0.546. The molecule has 4 atom stereocenters. The van der Waals surface area contributed by atoms with Gasteiger partial charge in [-0.1, -0.05) is 18.1 Å². The maximum Gasteiger partial charge on any atom is 0.309 e. The molecule has 3 heteroatoms. The topological polar surface area (TPSA) is 46.5 Å². The standard InChI is InChI=1S/C13H20O3/c1-8-6-10-9(4-3-5-12(10)14)11(7-8)13(15)16-2/h6,9-12,14H,3-5,7H2,1-2H3/t9-,10+,11-,12-/m0/s1. The van der Waals surface area contributed by atoms with Crippen LogP contribution in [-0.2, 0) is 9.53 Å². The van der Waals surface area contributed by atoms with Gasteiger partial charge in [0.25, 0.3) is 0 Å². The van der Waals surface area contributed by atoms with Crippen LogP contribution >= 0.6 is 0 Å². The number of methoxy groups -OCH3 is 1. The minimum absolute atomic E-state index is 0.0463. The van der Waals surface area contributed by atoms with Gasteiger partial charge in [-0.2, -0.15) is 0 Å². The zero-order valence-electron chi connectivity index (χ0n) is 9.98. The summed E-state index contributed by atoms with van der Waals surface area (Å²) in [5, 5.41) is 10.00. The Morgan fingerprint density at radius 2 is 2.25 bits per heavy atom. The summed E-state index contributed by atoms with van der Waals surface area (Å²) in [5.41, 5.74) is 1.21. The normalized spacial score (nSPS) is 38.6. The second-order valence-corrected chi connectivity index (χ2v) is 5.09. The molecule has 0 aromatic rings. The van der Waals surface area contributed by atoms with Crippen LogP contribution in [0.1, 0.15) is 32.6 Å². The molecular weight excluding hydrogens is 204 g/mol. The van der Waals surface area contributed by atoms with Gasteiger partial charge in [-0.15, -0.1) is 0 Å². The van der Waals surface area contributed by atoms with Crippen LogP contribution in [0.3, 0.4) is 0 Å². The number of esters is 1. The molecule has 3 nitrogen and oxygen atoms in total. The van der Waals surface area contributed by atoms with Crippen LogP contribution in [0.15, 0.2) is 11.6 Å². The SMILES string of the molecule is COC(=O)[C@H]1CC(C)=C[C@@H]2[C@@H]1CCC[C@@H]2O. The van der Waals surface area contributed by atoms with Gasteiger partial charge in [0.15, 0.2) is 0 Å². The first-order valence-corrected chi connectivity index (χ1v) is 6.06. The Kier molecular flexibility index (Phi) is 3.33. The van der Waals surface area contributed by atoms with E-state index in [9.17, 15) is 9.90 Å². The number of ether oxygens (including phenoxy) is 1. The fourth-order valence-corrected chi connectivity index (χ4v) is 3.24. The summed E-state index contributed by atoms with van der Waals surface area (Å²) >= 11 is 0. The summed E-state index contributed by atoms with van der Waals surface area (Å²) in [4.78, 5) is 11.7. The van der Waals surface area contributed by atoms with Gasteiger partial charge in [-0.3, -0.25) is 4.79 Å². The average molecular weight is 224 g/mol. The Hall–Kier alpha value is -0.830. The van der Waals surface area contributed by atoms with E-state index in [4.69, 9.17) is 4.74 Å². The lowest BCUT2D eigenvalue weighted by atomic mass is 9.65. The summed E-state index contributed by atoms with van der Waals surface area (Å²) in [6.45, 7) is 2.04. The van der Waals surface area contributed by atoms with Crippen molar-refractivity contribution in [2.75, 3.05) is 7.11 Å². The molecule has 0 bridgehead atoms. The van der Waals surface area contributed by atoms with E-state index in [0.717, 1.165) is 25.7 Å². The first-order chi connectivity index (χ1) is 7.63. The van der Waals surface area contributed by atoms with Gasteiger partial charge in [-0.05, 0) is 32.1 Å². The highest BCUT2D eigenvalue weighted by Gasteiger charge is 2.41. The van der Waals surface area contributed by atoms with Crippen LogP contribution in [0.25, 0.3) is 0 Å². The van der Waals surface area contributed by atoms with Crippen LogP contribution in [0.2, 0.25) is 0 Å². The third-order valence-corrected chi connectivity index (χ3v) is 4.02. The molecule has 0 spiro atoms. The van der Waals surface area contributed by atoms with Gasteiger partial charge in [0.05, 0.1) is 19.1 Å². The van der Waals surface area contributed by atoms with Crippen molar-refractivity contribution in [2.24, 2.45) is 17.8 Å². The predicted octanol–water partition coefficient (Wildman–Crippen LogP) is 1.90. The van der Waals surface area contributed by atoms with E-state index in [2.05, 4.69) is 6.08 Å². The molecule has 2 aliphatic rings. The first-order valence-electron chi connectivity index (χ1n) is 6.06. The molecule has 2 rings (SSSR count). The Morgan fingerprint density at radius 1 is 1.50 bits per heavy atom. The fraction of sp³-hybridized carbons (Fsp3) is 0.769. The van der Waals surface area contributed by atoms with E-state index in [1.165, 1.54) is 12.7 Å². The molecule has 0 aliphatic heterocycles.